The van der Waals surface area contributed by atoms with Gasteiger partial charge in [0.1, 0.15) is 0 Å². The zero-order valence-electron chi connectivity index (χ0n) is 13.2. The van der Waals surface area contributed by atoms with E-state index in [1.807, 2.05) is 0 Å². The van der Waals surface area contributed by atoms with Gasteiger partial charge in [-0.3, -0.25) is 0 Å². The fourth-order valence-electron chi connectivity index (χ4n) is 3.62. The van der Waals surface area contributed by atoms with Crippen molar-refractivity contribution in [2.45, 2.75) is 96.3 Å². The van der Waals surface area contributed by atoms with Crippen LogP contribution in [-0.4, -0.2) is 24.3 Å². The van der Waals surface area contributed by atoms with Crippen LogP contribution in [0.3, 0.4) is 0 Å². The first kappa shape index (κ1) is 15.3. The van der Waals surface area contributed by atoms with Gasteiger partial charge < -0.3 is 10.1 Å². The van der Waals surface area contributed by atoms with Gasteiger partial charge in [0.15, 0.2) is 0 Å². The SMILES string of the molecule is CC(C)CCC(C)NCC1CCC2(CCCCC2)O1. The Morgan fingerprint density at radius 2 is 1.79 bits per heavy atom. The molecule has 112 valence electrons. The second kappa shape index (κ2) is 7.08. The highest BCUT2D eigenvalue weighted by Crippen LogP contribution is 2.41. The second-order valence-corrected chi connectivity index (χ2v) is 7.30. The molecule has 0 radical (unpaired) electrons. The first-order valence-electron chi connectivity index (χ1n) is 8.51. The maximum absolute atomic E-state index is 6.40. The van der Waals surface area contributed by atoms with Gasteiger partial charge >= 0.3 is 0 Å². The summed E-state index contributed by atoms with van der Waals surface area (Å²) in [6.45, 7) is 7.98. The molecule has 1 saturated carbocycles. The topological polar surface area (TPSA) is 21.3 Å². The molecule has 0 aromatic carbocycles. The van der Waals surface area contributed by atoms with Gasteiger partial charge in [-0.05, 0) is 51.4 Å². The predicted octanol–water partition coefficient (Wildman–Crippen LogP) is 4.28. The van der Waals surface area contributed by atoms with Crippen molar-refractivity contribution in [1.29, 1.82) is 0 Å². The van der Waals surface area contributed by atoms with Crippen LogP contribution < -0.4 is 5.32 Å². The fraction of sp³-hybridized carbons (Fsp3) is 1.00. The zero-order chi connectivity index (χ0) is 13.7. The van der Waals surface area contributed by atoms with Crippen molar-refractivity contribution >= 4 is 0 Å². The maximum atomic E-state index is 6.40. The molecule has 1 spiro atoms. The van der Waals surface area contributed by atoms with E-state index in [2.05, 4.69) is 26.1 Å². The van der Waals surface area contributed by atoms with Crippen LogP contribution in [0.4, 0.5) is 0 Å². The number of hydrogen-bond acceptors (Lipinski definition) is 2. The van der Waals surface area contributed by atoms with Crippen LogP contribution >= 0.6 is 0 Å². The Hall–Kier alpha value is -0.0800. The Balaban J connectivity index is 1.64. The van der Waals surface area contributed by atoms with Gasteiger partial charge in [0, 0.05) is 12.6 Å². The predicted molar refractivity (Wildman–Crippen MR) is 81.5 cm³/mol. The summed E-state index contributed by atoms with van der Waals surface area (Å²) < 4.78 is 6.40. The van der Waals surface area contributed by atoms with Gasteiger partial charge in [0.2, 0.25) is 0 Å². The van der Waals surface area contributed by atoms with Gasteiger partial charge in [0.05, 0.1) is 11.7 Å². The lowest BCUT2D eigenvalue weighted by Gasteiger charge is -2.33. The highest BCUT2D eigenvalue weighted by Gasteiger charge is 2.40. The van der Waals surface area contributed by atoms with E-state index in [1.54, 1.807) is 0 Å². The lowest BCUT2D eigenvalue weighted by molar-refractivity contribution is -0.0629. The van der Waals surface area contributed by atoms with Crippen LogP contribution in [0.1, 0.15) is 78.6 Å². The van der Waals surface area contributed by atoms with E-state index in [0.717, 1.165) is 12.5 Å². The van der Waals surface area contributed by atoms with Crippen molar-refractivity contribution in [2.24, 2.45) is 5.92 Å². The number of rotatable bonds is 6. The van der Waals surface area contributed by atoms with E-state index in [-0.39, 0.29) is 5.60 Å². The largest absolute Gasteiger partial charge is 0.370 e. The fourth-order valence-corrected chi connectivity index (χ4v) is 3.62. The van der Waals surface area contributed by atoms with Gasteiger partial charge in [-0.2, -0.15) is 0 Å². The summed E-state index contributed by atoms with van der Waals surface area (Å²) in [7, 11) is 0. The quantitative estimate of drug-likeness (QED) is 0.775. The number of ether oxygens (including phenoxy) is 1. The Kier molecular flexibility index (Phi) is 5.70. The van der Waals surface area contributed by atoms with Gasteiger partial charge in [-0.15, -0.1) is 0 Å². The Bertz CT molecular complexity index is 258. The Morgan fingerprint density at radius 3 is 2.47 bits per heavy atom. The zero-order valence-corrected chi connectivity index (χ0v) is 13.2. The molecule has 19 heavy (non-hydrogen) atoms. The smallest absolute Gasteiger partial charge is 0.0708 e. The first-order chi connectivity index (χ1) is 9.10. The molecule has 0 bridgehead atoms. The molecule has 2 aliphatic rings. The Morgan fingerprint density at radius 1 is 1.05 bits per heavy atom. The molecule has 2 fully saturated rings. The van der Waals surface area contributed by atoms with Crippen LogP contribution in [0.15, 0.2) is 0 Å². The molecule has 1 heterocycles. The minimum absolute atomic E-state index is 0.283. The van der Waals surface area contributed by atoms with Crippen molar-refractivity contribution in [3.05, 3.63) is 0 Å². The van der Waals surface area contributed by atoms with E-state index in [1.165, 1.54) is 57.8 Å². The third-order valence-corrected chi connectivity index (χ3v) is 4.97. The minimum atomic E-state index is 0.283. The molecule has 2 rings (SSSR count). The molecule has 1 aliphatic carbocycles. The summed E-state index contributed by atoms with van der Waals surface area (Å²) in [5.74, 6) is 0.817. The summed E-state index contributed by atoms with van der Waals surface area (Å²) in [4.78, 5) is 0. The number of nitrogens with one attached hydrogen (secondary N) is 1. The molecule has 0 aromatic rings. The minimum Gasteiger partial charge on any atom is -0.370 e. The average molecular weight is 267 g/mol. The van der Waals surface area contributed by atoms with Crippen molar-refractivity contribution in [3.63, 3.8) is 0 Å². The molecule has 2 atom stereocenters. The second-order valence-electron chi connectivity index (χ2n) is 7.30. The molecule has 1 aliphatic heterocycles. The van der Waals surface area contributed by atoms with Gasteiger partial charge in [-0.25, -0.2) is 0 Å². The third kappa shape index (κ3) is 4.75. The monoisotopic (exact) mass is 267 g/mol. The van der Waals surface area contributed by atoms with E-state index < -0.39 is 0 Å². The standard InChI is InChI=1S/C17H33NO/c1-14(2)7-8-15(3)18-13-16-9-12-17(19-16)10-5-4-6-11-17/h14-16,18H,4-13H2,1-3H3. The molecule has 0 aromatic heterocycles. The summed E-state index contributed by atoms with van der Waals surface area (Å²) in [5.41, 5.74) is 0.283. The van der Waals surface area contributed by atoms with Crippen molar-refractivity contribution in [1.82, 2.24) is 5.32 Å². The molecule has 1 N–H and O–H groups in total. The molecular formula is C17H33NO. The van der Waals surface area contributed by atoms with Crippen molar-refractivity contribution < 1.29 is 4.74 Å². The van der Waals surface area contributed by atoms with E-state index >= 15 is 0 Å². The molecule has 1 saturated heterocycles. The summed E-state index contributed by atoms with van der Waals surface area (Å²) in [6, 6.07) is 0.633. The molecule has 2 nitrogen and oxygen atoms in total. The maximum Gasteiger partial charge on any atom is 0.0708 e. The van der Waals surface area contributed by atoms with Crippen LogP contribution in [0.25, 0.3) is 0 Å². The van der Waals surface area contributed by atoms with Crippen LogP contribution in [0.2, 0.25) is 0 Å². The van der Waals surface area contributed by atoms with Gasteiger partial charge in [-0.1, -0.05) is 33.1 Å². The summed E-state index contributed by atoms with van der Waals surface area (Å²) in [5, 5.41) is 3.68. The normalized spacial score (nSPS) is 28.1. The first-order valence-corrected chi connectivity index (χ1v) is 8.51. The molecule has 0 amide bonds. The highest BCUT2D eigenvalue weighted by molar-refractivity contribution is 4.91. The number of hydrogen-bond donors (Lipinski definition) is 1. The summed E-state index contributed by atoms with van der Waals surface area (Å²) in [6.07, 6.45) is 12.5. The molecule has 2 heteroatoms. The van der Waals surface area contributed by atoms with E-state index in [4.69, 9.17) is 4.74 Å². The van der Waals surface area contributed by atoms with Crippen LogP contribution in [-0.2, 0) is 4.74 Å². The third-order valence-electron chi connectivity index (χ3n) is 4.97. The lowest BCUT2D eigenvalue weighted by atomic mass is 9.83. The van der Waals surface area contributed by atoms with Crippen molar-refractivity contribution in [2.75, 3.05) is 6.54 Å². The Labute approximate surface area is 119 Å². The van der Waals surface area contributed by atoms with Gasteiger partial charge in [0.25, 0.3) is 0 Å². The molecule has 2 unspecified atom stereocenters. The lowest BCUT2D eigenvalue weighted by Crippen LogP contribution is -2.37. The van der Waals surface area contributed by atoms with Crippen molar-refractivity contribution in [3.8, 4) is 0 Å². The van der Waals surface area contributed by atoms with E-state index in [9.17, 15) is 0 Å². The van der Waals surface area contributed by atoms with E-state index in [0.29, 0.717) is 12.1 Å². The highest BCUT2D eigenvalue weighted by atomic mass is 16.5. The van der Waals surface area contributed by atoms with Crippen LogP contribution in [0, 0.1) is 5.92 Å². The van der Waals surface area contributed by atoms with Crippen LogP contribution in [0.5, 0.6) is 0 Å². The molecular weight excluding hydrogens is 234 g/mol. The average Bonchev–Trinajstić information content (AvgIpc) is 2.78. The summed E-state index contributed by atoms with van der Waals surface area (Å²) >= 11 is 0.